The lowest BCUT2D eigenvalue weighted by Crippen LogP contribution is -2.15. The van der Waals surface area contributed by atoms with Crippen LogP contribution < -0.4 is 14.2 Å². The number of methoxy groups -OCH3 is 1. The van der Waals surface area contributed by atoms with Crippen molar-refractivity contribution in [1.82, 2.24) is 0 Å². The molecular weight excluding hydrogens is 296 g/mol. The summed E-state index contributed by atoms with van der Waals surface area (Å²) >= 11 is 0. The van der Waals surface area contributed by atoms with Crippen molar-refractivity contribution in [2.24, 2.45) is 0 Å². The highest BCUT2D eigenvalue weighted by Gasteiger charge is 2.20. The minimum atomic E-state index is -0.343. The maximum atomic E-state index is 11.8. The highest BCUT2D eigenvalue weighted by atomic mass is 16.5. The molecule has 0 fully saturated rings. The smallest absolute Gasteiger partial charge is 0.310 e. The van der Waals surface area contributed by atoms with E-state index in [-0.39, 0.29) is 30.7 Å². The first-order valence-corrected chi connectivity index (χ1v) is 7.96. The lowest BCUT2D eigenvalue weighted by molar-refractivity contribution is -0.139. The van der Waals surface area contributed by atoms with E-state index in [2.05, 4.69) is 0 Å². The molecule has 5 heteroatoms. The van der Waals surface area contributed by atoms with Crippen LogP contribution in [0.5, 0.6) is 17.2 Å². The van der Waals surface area contributed by atoms with Gasteiger partial charge in [0.1, 0.15) is 17.2 Å². The van der Waals surface area contributed by atoms with Gasteiger partial charge in [-0.05, 0) is 41.5 Å². The SMILES string of the molecule is COC(=O)Cc1c(OC(C)C)cc(OC(C)C)cc1OC(C)C. The number of rotatable bonds is 8. The third-order valence-electron chi connectivity index (χ3n) is 2.79. The Kier molecular flexibility index (Phi) is 7.20. The monoisotopic (exact) mass is 324 g/mol. The normalized spacial score (nSPS) is 11.0. The summed E-state index contributed by atoms with van der Waals surface area (Å²) in [5.41, 5.74) is 0.676. The average molecular weight is 324 g/mol. The Hall–Kier alpha value is -1.91. The Balaban J connectivity index is 3.35. The topological polar surface area (TPSA) is 54.0 Å². The molecule has 5 nitrogen and oxygen atoms in total. The van der Waals surface area contributed by atoms with E-state index in [0.29, 0.717) is 22.8 Å². The molecule has 0 saturated heterocycles. The number of ether oxygens (including phenoxy) is 4. The molecule has 0 unspecified atom stereocenters. The van der Waals surface area contributed by atoms with Gasteiger partial charge in [0.15, 0.2) is 0 Å². The van der Waals surface area contributed by atoms with Gasteiger partial charge in [-0.15, -0.1) is 0 Å². The van der Waals surface area contributed by atoms with Gasteiger partial charge in [0.05, 0.1) is 31.8 Å². The van der Waals surface area contributed by atoms with Crippen molar-refractivity contribution in [3.8, 4) is 17.2 Å². The van der Waals surface area contributed by atoms with Gasteiger partial charge in [-0.1, -0.05) is 0 Å². The second kappa shape index (κ2) is 8.65. The molecule has 0 spiro atoms. The second-order valence-electron chi connectivity index (χ2n) is 6.15. The van der Waals surface area contributed by atoms with E-state index < -0.39 is 0 Å². The van der Waals surface area contributed by atoms with E-state index in [1.54, 1.807) is 12.1 Å². The molecule has 0 atom stereocenters. The largest absolute Gasteiger partial charge is 0.491 e. The van der Waals surface area contributed by atoms with Crippen LogP contribution in [0.2, 0.25) is 0 Å². The van der Waals surface area contributed by atoms with Gasteiger partial charge in [0.2, 0.25) is 0 Å². The van der Waals surface area contributed by atoms with Crippen molar-refractivity contribution in [2.45, 2.75) is 66.3 Å². The quantitative estimate of drug-likeness (QED) is 0.681. The van der Waals surface area contributed by atoms with Gasteiger partial charge in [-0.3, -0.25) is 4.79 Å². The summed E-state index contributed by atoms with van der Waals surface area (Å²) in [6, 6.07) is 3.59. The van der Waals surface area contributed by atoms with E-state index in [9.17, 15) is 4.79 Å². The van der Waals surface area contributed by atoms with Gasteiger partial charge in [-0.25, -0.2) is 0 Å². The summed E-state index contributed by atoms with van der Waals surface area (Å²) in [4.78, 5) is 11.8. The minimum Gasteiger partial charge on any atom is -0.491 e. The summed E-state index contributed by atoms with van der Waals surface area (Å²) in [5, 5.41) is 0. The molecule has 0 aliphatic heterocycles. The Morgan fingerprint density at radius 2 is 1.30 bits per heavy atom. The zero-order chi connectivity index (χ0) is 17.6. The van der Waals surface area contributed by atoms with Crippen molar-refractivity contribution in [2.75, 3.05) is 7.11 Å². The first-order chi connectivity index (χ1) is 10.7. The maximum Gasteiger partial charge on any atom is 0.310 e. The van der Waals surface area contributed by atoms with E-state index in [4.69, 9.17) is 18.9 Å². The molecule has 0 N–H and O–H groups in total. The fraction of sp³-hybridized carbons (Fsp3) is 0.611. The zero-order valence-corrected chi connectivity index (χ0v) is 15.1. The van der Waals surface area contributed by atoms with Gasteiger partial charge in [0.25, 0.3) is 0 Å². The zero-order valence-electron chi connectivity index (χ0n) is 15.1. The second-order valence-corrected chi connectivity index (χ2v) is 6.15. The fourth-order valence-electron chi connectivity index (χ4n) is 2.04. The molecule has 0 aromatic heterocycles. The average Bonchev–Trinajstić information content (AvgIpc) is 2.40. The highest BCUT2D eigenvalue weighted by Crippen LogP contribution is 2.36. The van der Waals surface area contributed by atoms with Crippen LogP contribution in [0.25, 0.3) is 0 Å². The number of hydrogen-bond acceptors (Lipinski definition) is 5. The fourth-order valence-corrected chi connectivity index (χ4v) is 2.04. The molecule has 0 aliphatic carbocycles. The Labute approximate surface area is 138 Å². The molecule has 0 aliphatic rings. The summed E-state index contributed by atoms with van der Waals surface area (Å²) in [6.45, 7) is 11.6. The molecule has 0 radical (unpaired) electrons. The number of carbonyl (C=O) groups excluding carboxylic acids is 1. The Morgan fingerprint density at radius 3 is 1.65 bits per heavy atom. The van der Waals surface area contributed by atoms with E-state index >= 15 is 0 Å². The van der Waals surface area contributed by atoms with E-state index in [1.165, 1.54) is 7.11 Å². The number of benzene rings is 1. The lowest BCUT2D eigenvalue weighted by atomic mass is 10.1. The summed E-state index contributed by atoms with van der Waals surface area (Å²) < 4.78 is 22.3. The Bertz CT molecular complexity index is 489. The van der Waals surface area contributed by atoms with E-state index in [1.807, 2.05) is 41.5 Å². The molecular formula is C18H28O5. The van der Waals surface area contributed by atoms with Crippen molar-refractivity contribution in [1.29, 1.82) is 0 Å². The summed E-state index contributed by atoms with van der Waals surface area (Å²) in [7, 11) is 1.37. The van der Waals surface area contributed by atoms with Crippen molar-refractivity contribution in [3.63, 3.8) is 0 Å². The van der Waals surface area contributed by atoms with Gasteiger partial charge in [-0.2, -0.15) is 0 Å². The molecule has 1 rings (SSSR count). The third kappa shape index (κ3) is 6.38. The standard InChI is InChI=1S/C18H28O5/c1-11(2)21-14-8-16(22-12(3)4)15(10-18(19)20-7)17(9-14)23-13(5)6/h8-9,11-13H,10H2,1-7H3. The van der Waals surface area contributed by atoms with Crippen LogP contribution in [0.15, 0.2) is 12.1 Å². The van der Waals surface area contributed by atoms with Crippen molar-refractivity contribution in [3.05, 3.63) is 17.7 Å². The number of hydrogen-bond donors (Lipinski definition) is 0. The van der Waals surface area contributed by atoms with Crippen LogP contribution in [0.1, 0.15) is 47.1 Å². The van der Waals surface area contributed by atoms with E-state index in [0.717, 1.165) is 0 Å². The van der Waals surface area contributed by atoms with Crippen LogP contribution in [-0.2, 0) is 16.0 Å². The molecule has 130 valence electrons. The molecule has 0 bridgehead atoms. The van der Waals surface area contributed by atoms with Crippen LogP contribution in [0.4, 0.5) is 0 Å². The third-order valence-corrected chi connectivity index (χ3v) is 2.79. The number of carbonyl (C=O) groups is 1. The Morgan fingerprint density at radius 1 is 0.870 bits per heavy atom. The van der Waals surface area contributed by atoms with Crippen LogP contribution in [0, 0.1) is 0 Å². The van der Waals surface area contributed by atoms with Crippen molar-refractivity contribution < 1.29 is 23.7 Å². The molecule has 0 saturated carbocycles. The summed E-state index contributed by atoms with van der Waals surface area (Å²) in [6.07, 6.45) is 0.0446. The van der Waals surface area contributed by atoms with Gasteiger partial charge in [0, 0.05) is 17.7 Å². The van der Waals surface area contributed by atoms with Crippen molar-refractivity contribution >= 4 is 5.97 Å². The molecule has 1 aromatic rings. The molecule has 0 amide bonds. The van der Waals surface area contributed by atoms with Crippen LogP contribution in [0.3, 0.4) is 0 Å². The van der Waals surface area contributed by atoms with Crippen LogP contribution >= 0.6 is 0 Å². The number of esters is 1. The lowest BCUT2D eigenvalue weighted by Gasteiger charge is -2.21. The highest BCUT2D eigenvalue weighted by molar-refractivity contribution is 5.75. The van der Waals surface area contributed by atoms with Gasteiger partial charge >= 0.3 is 5.97 Å². The molecule has 1 aromatic carbocycles. The summed E-state index contributed by atoms with van der Waals surface area (Å²) in [5.74, 6) is 1.48. The van der Waals surface area contributed by atoms with Crippen LogP contribution in [-0.4, -0.2) is 31.4 Å². The molecule has 23 heavy (non-hydrogen) atoms. The van der Waals surface area contributed by atoms with Gasteiger partial charge < -0.3 is 18.9 Å². The minimum absolute atomic E-state index is 0.0280. The predicted molar refractivity (Wildman–Crippen MR) is 89.5 cm³/mol. The first kappa shape index (κ1) is 19.1. The first-order valence-electron chi connectivity index (χ1n) is 7.96. The molecule has 0 heterocycles. The maximum absolute atomic E-state index is 11.8. The predicted octanol–water partition coefficient (Wildman–Crippen LogP) is 3.76.